The predicted octanol–water partition coefficient (Wildman–Crippen LogP) is 3.88. The monoisotopic (exact) mass is 471 g/mol. The van der Waals surface area contributed by atoms with Crippen LogP contribution in [0.25, 0.3) is 5.69 Å². The van der Waals surface area contributed by atoms with Gasteiger partial charge < -0.3 is 10.2 Å². The van der Waals surface area contributed by atoms with E-state index in [9.17, 15) is 9.59 Å². The van der Waals surface area contributed by atoms with Crippen LogP contribution in [0, 0.1) is 6.92 Å². The van der Waals surface area contributed by atoms with Crippen molar-refractivity contribution in [1.82, 2.24) is 19.6 Å². The van der Waals surface area contributed by atoms with Crippen molar-refractivity contribution in [2.24, 2.45) is 0 Å². The van der Waals surface area contributed by atoms with E-state index in [0.29, 0.717) is 47.5 Å². The maximum absolute atomic E-state index is 13.1. The second-order valence-corrected chi connectivity index (χ2v) is 8.47. The highest BCUT2D eigenvalue weighted by Crippen LogP contribution is 2.21. The molecule has 0 unspecified atom stereocenters. The number of halogens is 2. The molecule has 1 N–H and O–H groups in total. The third-order valence-electron chi connectivity index (χ3n) is 5.49. The Hall–Kier alpha value is -2.87. The molecule has 0 atom stereocenters. The summed E-state index contributed by atoms with van der Waals surface area (Å²) in [5.74, 6) is -0.180. The molecule has 0 spiro atoms. The van der Waals surface area contributed by atoms with Crippen LogP contribution in [0.3, 0.4) is 0 Å². The number of carbonyl (C=O) groups is 2. The van der Waals surface area contributed by atoms with Crippen molar-refractivity contribution in [3.05, 3.63) is 76.0 Å². The third-order valence-corrected chi connectivity index (χ3v) is 6.07. The van der Waals surface area contributed by atoms with Crippen molar-refractivity contribution in [2.75, 3.05) is 38.0 Å². The highest BCUT2D eigenvalue weighted by atomic mass is 35.5. The number of para-hydroxylation sites is 1. The predicted molar refractivity (Wildman–Crippen MR) is 126 cm³/mol. The normalized spacial score (nSPS) is 14.4. The number of amides is 2. The van der Waals surface area contributed by atoms with Crippen LogP contribution >= 0.6 is 23.2 Å². The minimum atomic E-state index is -0.127. The lowest BCUT2D eigenvalue weighted by Gasteiger charge is -2.34. The van der Waals surface area contributed by atoms with Crippen molar-refractivity contribution >= 4 is 40.7 Å². The molecule has 0 radical (unpaired) electrons. The zero-order valence-corrected chi connectivity index (χ0v) is 19.1. The lowest BCUT2D eigenvalue weighted by molar-refractivity contribution is -0.117. The molecule has 2 aromatic carbocycles. The van der Waals surface area contributed by atoms with E-state index in [4.69, 9.17) is 23.2 Å². The van der Waals surface area contributed by atoms with Crippen LogP contribution in [0.1, 0.15) is 16.1 Å². The topological polar surface area (TPSA) is 70.5 Å². The van der Waals surface area contributed by atoms with Gasteiger partial charge in [0.1, 0.15) is 0 Å². The number of nitrogens with zero attached hydrogens (tertiary/aromatic N) is 4. The number of piperazine rings is 1. The first-order chi connectivity index (χ1) is 15.4. The molecular formula is C23H23Cl2N5O2. The van der Waals surface area contributed by atoms with Gasteiger partial charge in [0.2, 0.25) is 5.91 Å². The average molecular weight is 472 g/mol. The van der Waals surface area contributed by atoms with E-state index in [2.05, 4.69) is 10.4 Å². The number of carbonyl (C=O) groups excluding carboxylic acids is 2. The first-order valence-corrected chi connectivity index (χ1v) is 11.0. The number of hydrogen-bond donors (Lipinski definition) is 1. The molecule has 1 aromatic heterocycles. The van der Waals surface area contributed by atoms with Gasteiger partial charge in [-0.25, -0.2) is 4.68 Å². The Bertz CT molecular complexity index is 1120. The highest BCUT2D eigenvalue weighted by Gasteiger charge is 2.26. The number of nitrogens with one attached hydrogen (secondary N) is 1. The van der Waals surface area contributed by atoms with E-state index < -0.39 is 0 Å². The molecule has 2 amide bonds. The van der Waals surface area contributed by atoms with Gasteiger partial charge in [0.15, 0.2) is 0 Å². The Labute approximate surface area is 196 Å². The Balaban J connectivity index is 1.33. The molecule has 166 valence electrons. The highest BCUT2D eigenvalue weighted by molar-refractivity contribution is 6.33. The van der Waals surface area contributed by atoms with Crippen LogP contribution in [-0.4, -0.2) is 64.1 Å². The number of aromatic nitrogens is 2. The summed E-state index contributed by atoms with van der Waals surface area (Å²) in [5, 5.41) is 8.37. The van der Waals surface area contributed by atoms with Gasteiger partial charge in [0.25, 0.3) is 5.91 Å². The minimum Gasteiger partial charge on any atom is -0.336 e. The Morgan fingerprint density at radius 1 is 1.00 bits per heavy atom. The van der Waals surface area contributed by atoms with Gasteiger partial charge in [-0.1, -0.05) is 35.3 Å². The Morgan fingerprint density at radius 2 is 1.69 bits per heavy atom. The van der Waals surface area contributed by atoms with Crippen LogP contribution in [0.5, 0.6) is 0 Å². The first kappa shape index (κ1) is 22.3. The van der Waals surface area contributed by atoms with E-state index in [1.54, 1.807) is 40.0 Å². The quantitative estimate of drug-likeness (QED) is 0.612. The second kappa shape index (κ2) is 9.73. The van der Waals surface area contributed by atoms with Crippen LogP contribution in [0.4, 0.5) is 5.69 Å². The molecule has 0 bridgehead atoms. The standard InChI is InChI=1S/C23H23Cl2N5O2/c1-16-19(14-26-30(16)18-8-6-17(24)7-9-18)23(32)29-12-10-28(11-13-29)15-22(31)27-21-5-3-2-4-20(21)25/h2-9,14H,10-13,15H2,1H3,(H,27,31). The molecule has 1 saturated heterocycles. The van der Waals surface area contributed by atoms with Gasteiger partial charge in [-0.15, -0.1) is 0 Å². The van der Waals surface area contributed by atoms with E-state index in [1.165, 1.54) is 0 Å². The molecule has 1 fully saturated rings. The Morgan fingerprint density at radius 3 is 2.38 bits per heavy atom. The summed E-state index contributed by atoms with van der Waals surface area (Å²) in [7, 11) is 0. The van der Waals surface area contributed by atoms with Crippen molar-refractivity contribution in [1.29, 1.82) is 0 Å². The smallest absolute Gasteiger partial charge is 0.257 e. The lowest BCUT2D eigenvalue weighted by atomic mass is 10.2. The molecule has 1 aliphatic rings. The lowest BCUT2D eigenvalue weighted by Crippen LogP contribution is -2.50. The molecule has 7 nitrogen and oxygen atoms in total. The summed E-state index contributed by atoms with van der Waals surface area (Å²) in [6, 6.07) is 14.5. The zero-order valence-electron chi connectivity index (χ0n) is 17.6. The number of benzene rings is 2. The van der Waals surface area contributed by atoms with Crippen molar-refractivity contribution < 1.29 is 9.59 Å². The summed E-state index contributed by atoms with van der Waals surface area (Å²) in [6.45, 7) is 4.45. The van der Waals surface area contributed by atoms with Gasteiger partial charge in [0, 0.05) is 31.2 Å². The van der Waals surface area contributed by atoms with E-state index in [0.717, 1.165) is 11.4 Å². The number of hydrogen-bond acceptors (Lipinski definition) is 4. The fraction of sp³-hybridized carbons (Fsp3) is 0.261. The van der Waals surface area contributed by atoms with E-state index >= 15 is 0 Å². The number of rotatable bonds is 5. The van der Waals surface area contributed by atoms with Crippen molar-refractivity contribution in [3.8, 4) is 5.69 Å². The Kier molecular flexibility index (Phi) is 6.79. The van der Waals surface area contributed by atoms with Crippen molar-refractivity contribution in [3.63, 3.8) is 0 Å². The summed E-state index contributed by atoms with van der Waals surface area (Å²) in [4.78, 5) is 29.3. The summed E-state index contributed by atoms with van der Waals surface area (Å²) in [5.41, 5.74) is 2.80. The van der Waals surface area contributed by atoms with Crippen molar-refractivity contribution in [2.45, 2.75) is 6.92 Å². The van der Waals surface area contributed by atoms with Gasteiger partial charge in [0.05, 0.1) is 40.4 Å². The fourth-order valence-corrected chi connectivity index (χ4v) is 4.01. The van der Waals surface area contributed by atoms with E-state index in [1.807, 2.05) is 36.1 Å². The molecule has 32 heavy (non-hydrogen) atoms. The summed E-state index contributed by atoms with van der Waals surface area (Å²) in [6.07, 6.45) is 1.61. The molecule has 0 aliphatic carbocycles. The number of anilines is 1. The average Bonchev–Trinajstić information content (AvgIpc) is 3.17. The molecule has 1 aliphatic heterocycles. The molecule has 0 saturated carbocycles. The maximum Gasteiger partial charge on any atom is 0.257 e. The second-order valence-electron chi connectivity index (χ2n) is 7.63. The van der Waals surface area contributed by atoms with Gasteiger partial charge >= 0.3 is 0 Å². The summed E-state index contributed by atoms with van der Waals surface area (Å²) < 4.78 is 1.73. The third kappa shape index (κ3) is 4.96. The zero-order chi connectivity index (χ0) is 22.7. The molecule has 9 heteroatoms. The maximum atomic E-state index is 13.1. The fourth-order valence-electron chi connectivity index (χ4n) is 3.70. The summed E-state index contributed by atoms with van der Waals surface area (Å²) >= 11 is 12.1. The molecule has 2 heterocycles. The van der Waals surface area contributed by atoms with Crippen LogP contribution in [0.2, 0.25) is 10.0 Å². The first-order valence-electron chi connectivity index (χ1n) is 10.3. The minimum absolute atomic E-state index is 0.0529. The molecule has 3 aromatic rings. The van der Waals surface area contributed by atoms with Gasteiger partial charge in [-0.05, 0) is 43.3 Å². The SMILES string of the molecule is Cc1c(C(=O)N2CCN(CC(=O)Nc3ccccc3Cl)CC2)cnn1-c1ccc(Cl)cc1. The molecule has 4 rings (SSSR count). The molecular weight excluding hydrogens is 449 g/mol. The van der Waals surface area contributed by atoms with E-state index in [-0.39, 0.29) is 18.4 Å². The van der Waals surface area contributed by atoms with Gasteiger partial charge in [-0.2, -0.15) is 5.10 Å². The van der Waals surface area contributed by atoms with Crippen LogP contribution in [0.15, 0.2) is 54.7 Å². The largest absolute Gasteiger partial charge is 0.336 e. The van der Waals surface area contributed by atoms with Gasteiger partial charge in [-0.3, -0.25) is 14.5 Å². The van der Waals surface area contributed by atoms with Crippen LogP contribution in [-0.2, 0) is 4.79 Å². The van der Waals surface area contributed by atoms with Crippen LogP contribution < -0.4 is 5.32 Å².